The Morgan fingerprint density at radius 1 is 0.792 bits per heavy atom. The molecule has 0 saturated carbocycles. The minimum Gasteiger partial charge on any atom is -0.399 e. The van der Waals surface area contributed by atoms with Crippen molar-refractivity contribution in [1.29, 1.82) is 0 Å². The van der Waals surface area contributed by atoms with Gasteiger partial charge in [0.25, 0.3) is 5.91 Å². The first-order valence-corrected chi connectivity index (χ1v) is 16.6. The summed E-state index contributed by atoms with van der Waals surface area (Å²) in [5.74, 6) is -1.32. The Bertz CT molecular complexity index is 1460. The molecule has 2 aromatic carbocycles. The number of amides is 4. The van der Waals surface area contributed by atoms with E-state index in [1.54, 1.807) is 31.2 Å². The van der Waals surface area contributed by atoms with Crippen LogP contribution < -0.4 is 32.3 Å². The second-order valence-corrected chi connectivity index (χ2v) is 13.4. The molecule has 4 atom stereocenters. The number of hydrogen-bond donors (Lipinski definition) is 6. The summed E-state index contributed by atoms with van der Waals surface area (Å²) in [6, 6.07) is 17.7. The Balaban J connectivity index is 1.68. The third-order valence-corrected chi connectivity index (χ3v) is 7.77. The molecular weight excluding hydrogens is 606 g/mol. The molecule has 0 aliphatic heterocycles. The zero-order chi connectivity index (χ0) is 35.1. The Morgan fingerprint density at radius 2 is 1.44 bits per heavy atom. The van der Waals surface area contributed by atoms with Crippen LogP contribution in [0.15, 0.2) is 79.1 Å². The maximum absolute atomic E-state index is 13.7. The van der Waals surface area contributed by atoms with E-state index in [9.17, 15) is 19.2 Å². The zero-order valence-electron chi connectivity index (χ0n) is 28.7. The number of nitrogen functional groups attached to an aromatic ring is 1. The number of aromatic nitrogens is 1. The van der Waals surface area contributed by atoms with Crippen LogP contribution in [0, 0.1) is 5.41 Å². The van der Waals surface area contributed by atoms with Gasteiger partial charge in [-0.15, -0.1) is 0 Å². The van der Waals surface area contributed by atoms with Crippen molar-refractivity contribution in [3.8, 4) is 0 Å². The third-order valence-electron chi connectivity index (χ3n) is 7.77. The number of hydrogen-bond acceptors (Lipinski definition) is 7. The SMILES string of the molecule is CCC[C@H](NC(=O)[C@H](CC(C)(C)C)NC(=O)c1ccncc1)C(=O)N[C@H](CN[C@@H](C)C(=O)NCc1ccc(N)cc1)Cc1ccccc1. The first kappa shape index (κ1) is 37.7. The molecule has 0 aliphatic carbocycles. The highest BCUT2D eigenvalue weighted by Gasteiger charge is 2.31. The Kier molecular flexibility index (Phi) is 14.6. The number of carbonyl (C=O) groups excluding carboxylic acids is 4. The van der Waals surface area contributed by atoms with Crippen molar-refractivity contribution in [1.82, 2.24) is 31.6 Å². The van der Waals surface area contributed by atoms with E-state index in [1.807, 2.05) is 70.2 Å². The van der Waals surface area contributed by atoms with E-state index >= 15 is 0 Å². The minimum atomic E-state index is -0.854. The molecule has 0 bridgehead atoms. The first-order chi connectivity index (χ1) is 22.8. The molecule has 0 unspecified atom stereocenters. The van der Waals surface area contributed by atoms with Crippen LogP contribution in [0.4, 0.5) is 5.69 Å². The summed E-state index contributed by atoms with van der Waals surface area (Å²) in [6.07, 6.45) is 4.98. The molecule has 3 aromatic rings. The van der Waals surface area contributed by atoms with Crippen LogP contribution in [0.3, 0.4) is 0 Å². The van der Waals surface area contributed by atoms with Crippen LogP contribution in [0.2, 0.25) is 0 Å². The number of nitrogens with one attached hydrogen (secondary N) is 5. The van der Waals surface area contributed by atoms with Gasteiger partial charge in [-0.1, -0.05) is 76.6 Å². The third kappa shape index (κ3) is 13.2. The molecule has 0 radical (unpaired) electrons. The fourth-order valence-electron chi connectivity index (χ4n) is 5.16. The molecule has 48 heavy (non-hydrogen) atoms. The van der Waals surface area contributed by atoms with Crippen molar-refractivity contribution in [3.05, 3.63) is 95.8 Å². The topological polar surface area (TPSA) is 167 Å². The second kappa shape index (κ2) is 18.5. The van der Waals surface area contributed by atoms with E-state index in [2.05, 4.69) is 31.6 Å². The van der Waals surface area contributed by atoms with Crippen molar-refractivity contribution < 1.29 is 19.2 Å². The van der Waals surface area contributed by atoms with Crippen LogP contribution >= 0.6 is 0 Å². The predicted molar refractivity (Wildman–Crippen MR) is 189 cm³/mol. The van der Waals surface area contributed by atoms with Gasteiger partial charge in [-0.3, -0.25) is 24.2 Å². The number of nitrogens with zero attached hydrogens (tertiary/aromatic N) is 1. The van der Waals surface area contributed by atoms with Crippen molar-refractivity contribution in [2.75, 3.05) is 12.3 Å². The number of benzene rings is 2. The molecule has 0 aliphatic rings. The van der Waals surface area contributed by atoms with E-state index in [-0.39, 0.29) is 29.2 Å². The van der Waals surface area contributed by atoms with Crippen molar-refractivity contribution >= 4 is 29.3 Å². The average Bonchev–Trinajstić information content (AvgIpc) is 3.06. The van der Waals surface area contributed by atoms with Crippen molar-refractivity contribution in [3.63, 3.8) is 0 Å². The summed E-state index contributed by atoms with van der Waals surface area (Å²) in [4.78, 5) is 57.2. The van der Waals surface area contributed by atoms with Gasteiger partial charge in [-0.05, 0) is 67.0 Å². The molecule has 0 spiro atoms. The largest absolute Gasteiger partial charge is 0.399 e. The summed E-state index contributed by atoms with van der Waals surface area (Å²) in [6.45, 7) is 10.4. The molecule has 0 saturated heterocycles. The maximum Gasteiger partial charge on any atom is 0.252 e. The summed E-state index contributed by atoms with van der Waals surface area (Å²) in [5, 5.41) is 15.1. The molecule has 11 nitrogen and oxygen atoms in total. The number of anilines is 1. The van der Waals surface area contributed by atoms with E-state index in [4.69, 9.17) is 5.73 Å². The molecule has 11 heteroatoms. The van der Waals surface area contributed by atoms with Gasteiger partial charge >= 0.3 is 0 Å². The molecular formula is C37H51N7O4. The van der Waals surface area contributed by atoms with Gasteiger partial charge in [-0.25, -0.2) is 0 Å². The summed E-state index contributed by atoms with van der Waals surface area (Å²) in [7, 11) is 0. The highest BCUT2D eigenvalue weighted by Crippen LogP contribution is 2.21. The van der Waals surface area contributed by atoms with Gasteiger partial charge in [0.05, 0.1) is 6.04 Å². The molecule has 258 valence electrons. The van der Waals surface area contributed by atoms with E-state index in [1.165, 1.54) is 12.4 Å². The Labute approximate surface area is 284 Å². The number of carbonyl (C=O) groups is 4. The first-order valence-electron chi connectivity index (χ1n) is 16.6. The van der Waals surface area contributed by atoms with Gasteiger partial charge in [0.1, 0.15) is 12.1 Å². The average molecular weight is 658 g/mol. The number of pyridine rings is 1. The van der Waals surface area contributed by atoms with Gasteiger partial charge in [0.2, 0.25) is 17.7 Å². The van der Waals surface area contributed by atoms with Crippen LogP contribution in [-0.2, 0) is 27.3 Å². The van der Waals surface area contributed by atoms with Crippen LogP contribution in [0.25, 0.3) is 0 Å². The molecule has 7 N–H and O–H groups in total. The Morgan fingerprint density at radius 3 is 2.06 bits per heavy atom. The molecule has 4 amide bonds. The Hall–Kier alpha value is -4.77. The molecule has 1 heterocycles. The smallest absolute Gasteiger partial charge is 0.252 e. The minimum absolute atomic E-state index is 0.175. The summed E-state index contributed by atoms with van der Waals surface area (Å²) in [5.41, 5.74) is 8.48. The van der Waals surface area contributed by atoms with Crippen LogP contribution in [0.1, 0.15) is 75.4 Å². The highest BCUT2D eigenvalue weighted by atomic mass is 16.2. The summed E-state index contributed by atoms with van der Waals surface area (Å²) >= 11 is 0. The second-order valence-electron chi connectivity index (χ2n) is 13.4. The predicted octanol–water partition coefficient (Wildman–Crippen LogP) is 3.51. The monoisotopic (exact) mass is 657 g/mol. The van der Waals surface area contributed by atoms with Crippen molar-refractivity contribution in [2.45, 2.75) is 91.0 Å². The van der Waals surface area contributed by atoms with Crippen LogP contribution in [-0.4, -0.2) is 59.3 Å². The lowest BCUT2D eigenvalue weighted by Crippen LogP contribution is -2.57. The zero-order valence-corrected chi connectivity index (χ0v) is 28.7. The standard InChI is InChI=1S/C37H51N7O4/c1-6-10-31(43-36(48)32(22-37(3,4)5)44-34(46)28-17-19-39-20-18-28)35(47)42-30(21-26-11-8-7-9-12-26)24-40-25(2)33(45)41-23-27-13-15-29(38)16-14-27/h7-9,11-20,25,30-32,40H,6,10,21-24,38H2,1-5H3,(H,41,45)(H,42,47)(H,43,48)(H,44,46)/t25-,30-,31-,32-/m0/s1. The fourth-order valence-corrected chi connectivity index (χ4v) is 5.16. The fraction of sp³-hybridized carbons (Fsp3) is 0.432. The lowest BCUT2D eigenvalue weighted by molar-refractivity contribution is -0.130. The van der Waals surface area contributed by atoms with Gasteiger partial charge < -0.3 is 32.3 Å². The lowest BCUT2D eigenvalue weighted by Gasteiger charge is -2.29. The number of rotatable bonds is 17. The molecule has 1 aromatic heterocycles. The van der Waals surface area contributed by atoms with E-state index in [0.29, 0.717) is 50.0 Å². The van der Waals surface area contributed by atoms with Crippen LogP contribution in [0.5, 0.6) is 0 Å². The number of nitrogens with two attached hydrogens (primary N) is 1. The van der Waals surface area contributed by atoms with E-state index in [0.717, 1.165) is 11.1 Å². The normalized spacial score (nSPS) is 13.8. The highest BCUT2D eigenvalue weighted by molar-refractivity contribution is 5.98. The van der Waals surface area contributed by atoms with Gasteiger partial charge in [-0.2, -0.15) is 0 Å². The lowest BCUT2D eigenvalue weighted by atomic mass is 9.87. The van der Waals surface area contributed by atoms with Gasteiger partial charge in [0.15, 0.2) is 0 Å². The molecule has 0 fully saturated rings. The van der Waals surface area contributed by atoms with Crippen molar-refractivity contribution in [2.24, 2.45) is 5.41 Å². The quantitative estimate of drug-likeness (QED) is 0.121. The van der Waals surface area contributed by atoms with E-state index < -0.39 is 24.0 Å². The molecule has 3 rings (SSSR count). The maximum atomic E-state index is 13.7. The van der Waals surface area contributed by atoms with Gasteiger partial charge in [0, 0.05) is 42.8 Å². The summed E-state index contributed by atoms with van der Waals surface area (Å²) < 4.78 is 0.